The number of fused-ring (bicyclic) bond motifs is 1. The summed E-state index contributed by atoms with van der Waals surface area (Å²) in [7, 11) is 0. The Morgan fingerprint density at radius 3 is 2.72 bits per heavy atom. The first-order valence-electron chi connectivity index (χ1n) is 6.74. The number of imidazole rings is 1. The molecule has 1 saturated heterocycles. The fourth-order valence-corrected chi connectivity index (χ4v) is 2.97. The van der Waals surface area contributed by atoms with Crippen LogP contribution in [0.15, 0.2) is 24.3 Å². The Morgan fingerprint density at radius 2 is 2.06 bits per heavy atom. The number of benzene rings is 1. The average molecular weight is 243 g/mol. The Kier molecular flexibility index (Phi) is 2.67. The maximum Gasteiger partial charge on any atom is 0.115 e. The highest BCUT2D eigenvalue weighted by Crippen LogP contribution is 2.33. The SMILES string of the molecule is CC(C)CN1CC(C)(c2nc3ccccc3[nH]2)C1. The summed E-state index contributed by atoms with van der Waals surface area (Å²) in [4.78, 5) is 10.7. The first-order chi connectivity index (χ1) is 8.57. The normalized spacial score (nSPS) is 19.3. The molecule has 1 fully saturated rings. The summed E-state index contributed by atoms with van der Waals surface area (Å²) >= 11 is 0. The molecule has 3 nitrogen and oxygen atoms in total. The topological polar surface area (TPSA) is 31.9 Å². The molecule has 18 heavy (non-hydrogen) atoms. The van der Waals surface area contributed by atoms with Crippen LogP contribution in [0, 0.1) is 5.92 Å². The van der Waals surface area contributed by atoms with Crippen molar-refractivity contribution in [1.29, 1.82) is 0 Å². The third-order valence-electron chi connectivity index (χ3n) is 3.73. The first-order valence-corrected chi connectivity index (χ1v) is 6.74. The van der Waals surface area contributed by atoms with Crippen LogP contribution in [0.1, 0.15) is 26.6 Å². The van der Waals surface area contributed by atoms with Gasteiger partial charge in [-0.3, -0.25) is 0 Å². The molecule has 1 aliphatic rings. The van der Waals surface area contributed by atoms with Crippen LogP contribution in [-0.4, -0.2) is 34.5 Å². The second-order valence-electron chi connectivity index (χ2n) is 6.23. The van der Waals surface area contributed by atoms with Gasteiger partial charge in [0.1, 0.15) is 5.82 Å². The van der Waals surface area contributed by atoms with Crippen LogP contribution in [0.5, 0.6) is 0 Å². The predicted molar refractivity (Wildman–Crippen MR) is 74.7 cm³/mol. The van der Waals surface area contributed by atoms with Gasteiger partial charge in [0.15, 0.2) is 0 Å². The highest BCUT2D eigenvalue weighted by atomic mass is 15.2. The van der Waals surface area contributed by atoms with Gasteiger partial charge in [0.2, 0.25) is 0 Å². The van der Waals surface area contributed by atoms with E-state index in [1.54, 1.807) is 0 Å². The van der Waals surface area contributed by atoms with E-state index in [1.165, 1.54) is 6.54 Å². The number of likely N-dealkylation sites (tertiary alicyclic amines) is 1. The molecule has 0 unspecified atom stereocenters. The molecule has 0 atom stereocenters. The standard InChI is InChI=1S/C15H21N3/c1-11(2)8-18-9-15(3,10-18)14-16-12-6-4-5-7-13(12)17-14/h4-7,11H,8-10H2,1-3H3,(H,16,17). The molecule has 0 radical (unpaired) electrons. The molecular formula is C15H21N3. The Hall–Kier alpha value is -1.35. The van der Waals surface area contributed by atoms with E-state index in [1.807, 2.05) is 6.07 Å². The van der Waals surface area contributed by atoms with Crippen molar-refractivity contribution in [2.75, 3.05) is 19.6 Å². The second-order valence-corrected chi connectivity index (χ2v) is 6.23. The van der Waals surface area contributed by atoms with E-state index in [4.69, 9.17) is 4.98 Å². The van der Waals surface area contributed by atoms with Crippen LogP contribution >= 0.6 is 0 Å². The molecule has 2 aromatic rings. The molecule has 1 aromatic carbocycles. The van der Waals surface area contributed by atoms with Crippen LogP contribution in [0.25, 0.3) is 11.0 Å². The lowest BCUT2D eigenvalue weighted by Gasteiger charge is -2.47. The molecule has 1 aliphatic heterocycles. The third kappa shape index (κ3) is 1.93. The molecule has 2 heterocycles. The lowest BCUT2D eigenvalue weighted by molar-refractivity contribution is 0.0612. The van der Waals surface area contributed by atoms with Crippen molar-refractivity contribution in [1.82, 2.24) is 14.9 Å². The lowest BCUT2D eigenvalue weighted by atomic mass is 9.80. The number of para-hydroxylation sites is 2. The molecule has 0 amide bonds. The lowest BCUT2D eigenvalue weighted by Crippen LogP contribution is -2.58. The maximum absolute atomic E-state index is 4.74. The number of nitrogens with one attached hydrogen (secondary N) is 1. The molecule has 0 saturated carbocycles. The minimum atomic E-state index is 0.202. The summed E-state index contributed by atoms with van der Waals surface area (Å²) in [6, 6.07) is 8.27. The van der Waals surface area contributed by atoms with Gasteiger partial charge in [0.05, 0.1) is 16.4 Å². The van der Waals surface area contributed by atoms with Crippen LogP contribution in [-0.2, 0) is 5.41 Å². The van der Waals surface area contributed by atoms with Crippen LogP contribution in [0.2, 0.25) is 0 Å². The van der Waals surface area contributed by atoms with E-state index in [-0.39, 0.29) is 5.41 Å². The molecular weight excluding hydrogens is 222 g/mol. The number of hydrogen-bond acceptors (Lipinski definition) is 2. The number of aromatic amines is 1. The molecule has 96 valence electrons. The van der Waals surface area contributed by atoms with E-state index in [0.29, 0.717) is 0 Å². The van der Waals surface area contributed by atoms with Crippen LogP contribution < -0.4 is 0 Å². The number of rotatable bonds is 3. The zero-order valence-electron chi connectivity index (χ0n) is 11.4. The van der Waals surface area contributed by atoms with Gasteiger partial charge >= 0.3 is 0 Å². The smallest absolute Gasteiger partial charge is 0.115 e. The summed E-state index contributed by atoms with van der Waals surface area (Å²) in [6.45, 7) is 10.3. The molecule has 0 spiro atoms. The first kappa shape index (κ1) is 11.7. The third-order valence-corrected chi connectivity index (χ3v) is 3.73. The Balaban J connectivity index is 1.79. The molecule has 1 N–H and O–H groups in total. The van der Waals surface area contributed by atoms with E-state index in [9.17, 15) is 0 Å². The van der Waals surface area contributed by atoms with Gasteiger partial charge in [-0.15, -0.1) is 0 Å². The molecule has 3 heteroatoms. The minimum absolute atomic E-state index is 0.202. The monoisotopic (exact) mass is 243 g/mol. The maximum atomic E-state index is 4.74. The zero-order valence-corrected chi connectivity index (χ0v) is 11.4. The minimum Gasteiger partial charge on any atom is -0.341 e. The van der Waals surface area contributed by atoms with E-state index in [0.717, 1.165) is 35.9 Å². The highest BCUT2D eigenvalue weighted by Gasteiger charge is 2.42. The van der Waals surface area contributed by atoms with E-state index in [2.05, 4.69) is 48.9 Å². The molecule has 3 rings (SSSR count). The summed E-state index contributed by atoms with van der Waals surface area (Å²) in [6.07, 6.45) is 0. The molecule has 1 aromatic heterocycles. The van der Waals surface area contributed by atoms with Gasteiger partial charge in [-0.1, -0.05) is 32.9 Å². The van der Waals surface area contributed by atoms with Crippen LogP contribution in [0.4, 0.5) is 0 Å². The Morgan fingerprint density at radius 1 is 1.33 bits per heavy atom. The summed E-state index contributed by atoms with van der Waals surface area (Å²) in [5.41, 5.74) is 2.43. The fraction of sp³-hybridized carbons (Fsp3) is 0.533. The number of aromatic nitrogens is 2. The van der Waals surface area contributed by atoms with Crippen molar-refractivity contribution in [3.05, 3.63) is 30.1 Å². The van der Waals surface area contributed by atoms with Crippen molar-refractivity contribution in [3.8, 4) is 0 Å². The summed E-state index contributed by atoms with van der Waals surface area (Å²) in [5, 5.41) is 0. The van der Waals surface area contributed by atoms with Crippen molar-refractivity contribution in [2.45, 2.75) is 26.2 Å². The van der Waals surface area contributed by atoms with Gasteiger partial charge in [-0.05, 0) is 18.1 Å². The van der Waals surface area contributed by atoms with Gasteiger partial charge in [-0.25, -0.2) is 4.98 Å². The largest absolute Gasteiger partial charge is 0.341 e. The summed E-state index contributed by atoms with van der Waals surface area (Å²) < 4.78 is 0. The van der Waals surface area contributed by atoms with Gasteiger partial charge in [0, 0.05) is 19.6 Å². The highest BCUT2D eigenvalue weighted by molar-refractivity contribution is 5.75. The van der Waals surface area contributed by atoms with Crippen molar-refractivity contribution in [3.63, 3.8) is 0 Å². The van der Waals surface area contributed by atoms with Gasteiger partial charge < -0.3 is 9.88 Å². The predicted octanol–water partition coefficient (Wildman–Crippen LogP) is 2.79. The van der Waals surface area contributed by atoms with E-state index >= 15 is 0 Å². The van der Waals surface area contributed by atoms with E-state index < -0.39 is 0 Å². The van der Waals surface area contributed by atoms with Crippen molar-refractivity contribution >= 4 is 11.0 Å². The summed E-state index contributed by atoms with van der Waals surface area (Å²) in [5.74, 6) is 1.88. The second kappa shape index (κ2) is 4.09. The zero-order chi connectivity index (χ0) is 12.8. The number of H-pyrrole nitrogens is 1. The van der Waals surface area contributed by atoms with Crippen molar-refractivity contribution < 1.29 is 0 Å². The quantitative estimate of drug-likeness (QED) is 0.899. The van der Waals surface area contributed by atoms with Crippen molar-refractivity contribution in [2.24, 2.45) is 5.92 Å². The average Bonchev–Trinajstić information content (AvgIpc) is 2.69. The van der Waals surface area contributed by atoms with Gasteiger partial charge in [0.25, 0.3) is 0 Å². The Bertz CT molecular complexity index is 517. The fourth-order valence-electron chi connectivity index (χ4n) is 2.97. The van der Waals surface area contributed by atoms with Crippen LogP contribution in [0.3, 0.4) is 0 Å². The van der Waals surface area contributed by atoms with Gasteiger partial charge in [-0.2, -0.15) is 0 Å². The Labute approximate surface area is 108 Å². The number of hydrogen-bond donors (Lipinski definition) is 1. The number of nitrogens with zero attached hydrogens (tertiary/aromatic N) is 2. The molecule has 0 aliphatic carbocycles. The molecule has 0 bridgehead atoms.